The van der Waals surface area contributed by atoms with Crippen molar-refractivity contribution in [1.29, 1.82) is 0 Å². The Hall–Kier alpha value is -2.38. The number of carbonyl (C=O) groups excluding carboxylic acids is 2. The molecule has 0 aliphatic rings. The van der Waals surface area contributed by atoms with Crippen molar-refractivity contribution < 1.29 is 24.5 Å². The average molecular weight is 686 g/mol. The van der Waals surface area contributed by atoms with E-state index in [9.17, 15) is 14.7 Å². The summed E-state index contributed by atoms with van der Waals surface area (Å²) in [6, 6.07) is 18.0. The van der Waals surface area contributed by atoms with Gasteiger partial charge in [-0.25, -0.2) is 0 Å². The van der Waals surface area contributed by atoms with Crippen LogP contribution in [0.5, 0.6) is 17.2 Å². The highest BCUT2D eigenvalue weighted by molar-refractivity contribution is 14.1. The Morgan fingerprint density at radius 2 is 1.62 bits per heavy atom. The number of hydrogen-bond acceptors (Lipinski definition) is 5. The summed E-state index contributed by atoms with van der Waals surface area (Å²) in [5.74, 6) is 0.426. The number of aromatic hydroxyl groups is 1. The van der Waals surface area contributed by atoms with Crippen LogP contribution >= 0.6 is 45.2 Å². The molecule has 3 aromatic carbocycles. The number of aliphatic hydroxyl groups is 1. The van der Waals surface area contributed by atoms with Gasteiger partial charge in [0.2, 0.25) is 5.91 Å². The molecule has 0 saturated carbocycles. The van der Waals surface area contributed by atoms with Gasteiger partial charge in [0.05, 0.1) is 19.3 Å². The average Bonchev–Trinajstić information content (AvgIpc) is 2.83. The van der Waals surface area contributed by atoms with Gasteiger partial charge in [0.1, 0.15) is 11.5 Å². The van der Waals surface area contributed by atoms with Crippen molar-refractivity contribution in [3.05, 3.63) is 84.5 Å². The SMILES string of the molecule is O=C(CCc1cc(I)c(Oc2ccc(O)c(C(=O)NCc3ccccc3)c2)c(I)c1)NCCO. The first-order chi connectivity index (χ1) is 16.4. The second-order valence-electron chi connectivity index (χ2n) is 7.41. The fraction of sp³-hybridized carbons (Fsp3) is 0.200. The zero-order chi connectivity index (χ0) is 24.5. The van der Waals surface area contributed by atoms with E-state index in [0.717, 1.165) is 18.3 Å². The quantitative estimate of drug-likeness (QED) is 0.237. The van der Waals surface area contributed by atoms with E-state index in [1.54, 1.807) is 6.07 Å². The van der Waals surface area contributed by atoms with Gasteiger partial charge in [0.25, 0.3) is 5.91 Å². The van der Waals surface area contributed by atoms with E-state index in [1.165, 1.54) is 12.1 Å². The molecule has 178 valence electrons. The van der Waals surface area contributed by atoms with Crippen LogP contribution in [0.2, 0.25) is 0 Å². The number of amides is 2. The normalized spacial score (nSPS) is 10.6. The first kappa shape index (κ1) is 26.2. The molecule has 0 aliphatic heterocycles. The molecule has 0 unspecified atom stereocenters. The molecule has 0 fully saturated rings. The highest BCUT2D eigenvalue weighted by Crippen LogP contribution is 2.34. The summed E-state index contributed by atoms with van der Waals surface area (Å²) in [4.78, 5) is 24.4. The summed E-state index contributed by atoms with van der Waals surface area (Å²) < 4.78 is 7.79. The summed E-state index contributed by atoms with van der Waals surface area (Å²) in [7, 11) is 0. The number of aliphatic hydroxyl groups excluding tert-OH is 1. The van der Waals surface area contributed by atoms with Gasteiger partial charge >= 0.3 is 0 Å². The van der Waals surface area contributed by atoms with Gasteiger partial charge < -0.3 is 25.6 Å². The predicted molar refractivity (Wildman–Crippen MR) is 146 cm³/mol. The molecule has 0 heterocycles. The highest BCUT2D eigenvalue weighted by Gasteiger charge is 2.15. The lowest BCUT2D eigenvalue weighted by Crippen LogP contribution is -2.26. The Labute approximate surface area is 225 Å². The molecule has 0 atom stereocenters. The van der Waals surface area contributed by atoms with Crippen LogP contribution in [0, 0.1) is 7.14 Å². The molecular weight excluding hydrogens is 662 g/mol. The van der Waals surface area contributed by atoms with Crippen LogP contribution in [0.25, 0.3) is 0 Å². The van der Waals surface area contributed by atoms with Crippen LogP contribution in [-0.2, 0) is 17.8 Å². The van der Waals surface area contributed by atoms with Gasteiger partial charge in [-0.2, -0.15) is 0 Å². The van der Waals surface area contributed by atoms with Gasteiger partial charge in [-0.3, -0.25) is 9.59 Å². The maximum absolute atomic E-state index is 12.6. The predicted octanol–water partition coefficient (Wildman–Crippen LogP) is 4.36. The molecule has 0 saturated heterocycles. The van der Waals surface area contributed by atoms with E-state index < -0.39 is 5.91 Å². The van der Waals surface area contributed by atoms with Gasteiger partial charge in [0.15, 0.2) is 5.75 Å². The number of aryl methyl sites for hydroxylation is 1. The van der Waals surface area contributed by atoms with Crippen LogP contribution in [0.4, 0.5) is 0 Å². The number of benzene rings is 3. The number of phenolic OH excluding ortho intramolecular Hbond substituents is 1. The molecule has 3 aromatic rings. The number of rotatable bonds is 10. The molecule has 0 aliphatic carbocycles. The largest absolute Gasteiger partial charge is 0.507 e. The number of phenols is 1. The smallest absolute Gasteiger partial charge is 0.255 e. The Kier molecular flexibility index (Phi) is 9.96. The van der Waals surface area contributed by atoms with Crippen molar-refractivity contribution in [3.63, 3.8) is 0 Å². The van der Waals surface area contributed by atoms with E-state index in [2.05, 4.69) is 55.8 Å². The zero-order valence-corrected chi connectivity index (χ0v) is 22.5. The van der Waals surface area contributed by atoms with Crippen molar-refractivity contribution in [2.24, 2.45) is 0 Å². The summed E-state index contributed by atoms with van der Waals surface area (Å²) in [5.41, 5.74) is 2.08. The number of hydrogen-bond donors (Lipinski definition) is 4. The van der Waals surface area contributed by atoms with E-state index in [4.69, 9.17) is 9.84 Å². The topological polar surface area (TPSA) is 108 Å². The van der Waals surface area contributed by atoms with E-state index in [1.807, 2.05) is 42.5 Å². The molecule has 9 heteroatoms. The monoisotopic (exact) mass is 686 g/mol. The van der Waals surface area contributed by atoms with Crippen molar-refractivity contribution in [3.8, 4) is 17.2 Å². The third kappa shape index (κ3) is 7.57. The fourth-order valence-electron chi connectivity index (χ4n) is 3.15. The first-order valence-electron chi connectivity index (χ1n) is 10.6. The number of ether oxygens (including phenoxy) is 1. The van der Waals surface area contributed by atoms with Gasteiger partial charge in [-0.05, 0) is 93.1 Å². The van der Waals surface area contributed by atoms with Gasteiger partial charge in [-0.1, -0.05) is 30.3 Å². The van der Waals surface area contributed by atoms with Crippen LogP contribution in [0.15, 0.2) is 60.7 Å². The van der Waals surface area contributed by atoms with E-state index >= 15 is 0 Å². The molecule has 7 nitrogen and oxygen atoms in total. The minimum Gasteiger partial charge on any atom is -0.507 e. The lowest BCUT2D eigenvalue weighted by atomic mass is 10.1. The summed E-state index contributed by atoms with van der Waals surface area (Å²) in [5, 5.41) is 24.5. The molecule has 0 radical (unpaired) electrons. The highest BCUT2D eigenvalue weighted by atomic mass is 127. The van der Waals surface area contributed by atoms with E-state index in [0.29, 0.717) is 30.9 Å². The molecule has 0 spiro atoms. The van der Waals surface area contributed by atoms with Crippen LogP contribution in [0.3, 0.4) is 0 Å². The standard InChI is InChI=1S/C25H24I2N2O5/c26-20-12-17(6-9-23(32)28-10-11-30)13-21(27)24(20)34-18-7-8-22(31)19(14-18)25(33)29-15-16-4-2-1-3-5-16/h1-5,7-8,12-14,30-31H,6,9-11,15H2,(H,28,32)(H,29,33). The third-order valence-electron chi connectivity index (χ3n) is 4.86. The number of halogens is 2. The Balaban J connectivity index is 1.69. The van der Waals surface area contributed by atoms with Gasteiger partial charge in [0, 0.05) is 19.5 Å². The molecule has 3 rings (SSSR count). The third-order valence-corrected chi connectivity index (χ3v) is 6.46. The molecule has 0 bridgehead atoms. The minimum absolute atomic E-state index is 0.0821. The number of carbonyl (C=O) groups is 2. The van der Waals surface area contributed by atoms with E-state index in [-0.39, 0.29) is 30.4 Å². The summed E-state index contributed by atoms with van der Waals surface area (Å²) in [6.45, 7) is 0.514. The Morgan fingerprint density at radius 3 is 2.29 bits per heavy atom. The molecule has 2 amide bonds. The van der Waals surface area contributed by atoms with Crippen molar-refractivity contribution >= 4 is 57.0 Å². The molecule has 34 heavy (non-hydrogen) atoms. The summed E-state index contributed by atoms with van der Waals surface area (Å²) >= 11 is 4.35. The van der Waals surface area contributed by atoms with Crippen LogP contribution in [0.1, 0.15) is 27.9 Å². The maximum Gasteiger partial charge on any atom is 0.255 e. The lowest BCUT2D eigenvalue weighted by Gasteiger charge is -2.14. The van der Waals surface area contributed by atoms with Crippen molar-refractivity contribution in [2.45, 2.75) is 19.4 Å². The Morgan fingerprint density at radius 1 is 0.912 bits per heavy atom. The molecule has 0 aromatic heterocycles. The van der Waals surface area contributed by atoms with Gasteiger partial charge in [-0.15, -0.1) is 0 Å². The fourth-order valence-corrected chi connectivity index (χ4v) is 5.26. The van der Waals surface area contributed by atoms with Crippen molar-refractivity contribution in [2.75, 3.05) is 13.2 Å². The van der Waals surface area contributed by atoms with Crippen LogP contribution < -0.4 is 15.4 Å². The second-order valence-corrected chi connectivity index (χ2v) is 9.74. The number of nitrogens with one attached hydrogen (secondary N) is 2. The maximum atomic E-state index is 12.6. The molecular formula is C25H24I2N2O5. The lowest BCUT2D eigenvalue weighted by molar-refractivity contribution is -0.121. The minimum atomic E-state index is -0.397. The molecule has 4 N–H and O–H groups in total. The summed E-state index contributed by atoms with van der Waals surface area (Å²) in [6.07, 6.45) is 0.889. The van der Waals surface area contributed by atoms with Crippen LogP contribution in [-0.4, -0.2) is 35.2 Å². The Bertz CT molecular complexity index is 1130. The first-order valence-corrected chi connectivity index (χ1v) is 12.7. The zero-order valence-electron chi connectivity index (χ0n) is 18.2. The van der Waals surface area contributed by atoms with Crippen molar-refractivity contribution in [1.82, 2.24) is 10.6 Å². The second kappa shape index (κ2) is 12.9.